The maximum atomic E-state index is 11.0. The molecule has 6 heteroatoms. The number of hydrogen-bond donors (Lipinski definition) is 0. The van der Waals surface area contributed by atoms with Gasteiger partial charge in [-0.3, -0.25) is 4.98 Å². The van der Waals surface area contributed by atoms with E-state index in [1.807, 2.05) is 0 Å². The summed E-state index contributed by atoms with van der Waals surface area (Å²) in [5, 5.41) is 0. The van der Waals surface area contributed by atoms with Gasteiger partial charge in [0, 0.05) is 45.1 Å². The van der Waals surface area contributed by atoms with Crippen LogP contribution in [-0.4, -0.2) is 20.4 Å². The van der Waals surface area contributed by atoms with Crippen LogP contribution in [0.25, 0.3) is 4.72 Å². The van der Waals surface area contributed by atoms with E-state index in [0.29, 0.717) is 0 Å². The molecule has 71 valence electrons. The van der Waals surface area contributed by atoms with Crippen LogP contribution in [-0.2, 0) is 42.7 Å². The molecular weight excluding hydrogens is 265 g/mol. The fourth-order valence-corrected chi connectivity index (χ4v) is 1.26. The van der Waals surface area contributed by atoms with Crippen LogP contribution >= 0.6 is 0 Å². The van der Waals surface area contributed by atoms with Crippen LogP contribution in [0.15, 0.2) is 29.4 Å². The third-order valence-electron chi connectivity index (χ3n) is 1.17. The Labute approximate surface area is 104 Å². The van der Waals surface area contributed by atoms with Crippen LogP contribution in [0, 0.1) is 7.43 Å². The van der Waals surface area contributed by atoms with E-state index >= 15 is 0 Å². The molecule has 0 aliphatic carbocycles. The first-order chi connectivity index (χ1) is 5.17. The maximum Gasteiger partial charge on any atom is 0.102 e. The summed E-state index contributed by atoms with van der Waals surface area (Å²) in [5.41, 5.74) is 0. The predicted molar refractivity (Wildman–Crippen MR) is 47.1 cm³/mol. The topological polar surface area (TPSA) is 61.1 Å². The van der Waals surface area contributed by atoms with Gasteiger partial charge >= 0.3 is 0 Å². The zero-order valence-corrected chi connectivity index (χ0v) is 11.2. The molecule has 0 unspecified atom stereocenters. The van der Waals surface area contributed by atoms with Crippen molar-refractivity contribution in [2.24, 2.45) is 0 Å². The summed E-state index contributed by atoms with van der Waals surface area (Å²) in [6, 6.07) is 3.01. The summed E-state index contributed by atoms with van der Waals surface area (Å²) < 4.78 is 25.2. The minimum Gasteiger partial charge on any atom is -0.547 e. The van der Waals surface area contributed by atoms with Gasteiger partial charge in [0.2, 0.25) is 0 Å². The summed E-state index contributed by atoms with van der Waals surface area (Å²) in [5.74, 6) is 0. The summed E-state index contributed by atoms with van der Waals surface area (Å²) >= 11 is 0. The molecule has 0 fully saturated rings. The Morgan fingerprint density at radius 1 is 1.46 bits per heavy atom. The van der Waals surface area contributed by atoms with Crippen molar-refractivity contribution in [3.8, 4) is 0 Å². The van der Waals surface area contributed by atoms with Crippen molar-refractivity contribution in [1.29, 1.82) is 0 Å². The third-order valence-corrected chi connectivity index (χ3v) is 2.49. The van der Waals surface area contributed by atoms with Crippen LogP contribution in [0.4, 0.5) is 0 Å². The molecule has 0 aliphatic heterocycles. The minimum absolute atomic E-state index is 0. The van der Waals surface area contributed by atoms with E-state index in [0.717, 1.165) is 0 Å². The van der Waals surface area contributed by atoms with E-state index in [1.54, 1.807) is 6.07 Å². The molecule has 0 amide bonds. The van der Waals surface area contributed by atoms with E-state index in [-0.39, 0.29) is 45.0 Å². The van der Waals surface area contributed by atoms with Crippen LogP contribution in [0.3, 0.4) is 0 Å². The average Bonchev–Trinajstić information content (AvgIpc) is 2.06. The zero-order valence-electron chi connectivity index (χ0n) is 7.51. The first-order valence-corrected chi connectivity index (χ1v) is 4.37. The second kappa shape index (κ2) is 6.59. The molecule has 1 radical (unpaired) electrons. The van der Waals surface area contributed by atoms with Crippen molar-refractivity contribution in [2.75, 3.05) is 7.05 Å². The quantitative estimate of drug-likeness (QED) is 0.762. The van der Waals surface area contributed by atoms with Gasteiger partial charge in [-0.2, -0.15) is 7.05 Å². The summed E-state index contributed by atoms with van der Waals surface area (Å²) in [6.07, 6.45) is 2.77. The summed E-state index contributed by atoms with van der Waals surface area (Å²) in [7, 11) is -2.20. The number of rotatable bonds is 2. The molecule has 0 atom stereocenters. The van der Waals surface area contributed by atoms with Gasteiger partial charge in [0.25, 0.3) is 0 Å². The van der Waals surface area contributed by atoms with E-state index < -0.39 is 10.0 Å². The molecule has 0 saturated carbocycles. The van der Waals surface area contributed by atoms with Crippen LogP contribution < -0.4 is 0 Å². The normalized spacial score (nSPS) is 9.62. The molecule has 0 spiro atoms. The third kappa shape index (κ3) is 4.27. The molecular formula is C7H10N2O2SY-2. The fraction of sp³-hybridized carbons (Fsp3) is 0.143. The Morgan fingerprint density at radius 2 is 2.08 bits per heavy atom. The Hall–Kier alpha value is 0.164. The molecule has 13 heavy (non-hydrogen) atoms. The van der Waals surface area contributed by atoms with Crippen molar-refractivity contribution in [1.82, 2.24) is 4.98 Å². The Kier molecular flexibility index (Phi) is 7.93. The van der Waals surface area contributed by atoms with E-state index in [1.165, 1.54) is 25.5 Å². The molecule has 4 nitrogen and oxygen atoms in total. The minimum atomic E-state index is -3.44. The first kappa shape index (κ1) is 15.6. The van der Waals surface area contributed by atoms with E-state index in [2.05, 4.69) is 9.71 Å². The molecule has 0 aliphatic rings. The van der Waals surface area contributed by atoms with E-state index in [9.17, 15) is 8.42 Å². The summed E-state index contributed by atoms with van der Waals surface area (Å²) in [4.78, 5) is 3.79. The van der Waals surface area contributed by atoms with Gasteiger partial charge in [0.15, 0.2) is 0 Å². The molecule has 1 aromatic rings. The number of nitrogens with zero attached hydrogens (tertiary/aromatic N) is 2. The second-order valence-corrected chi connectivity index (χ2v) is 3.63. The van der Waals surface area contributed by atoms with Crippen molar-refractivity contribution < 1.29 is 41.1 Å². The van der Waals surface area contributed by atoms with Crippen LogP contribution in [0.5, 0.6) is 0 Å². The molecule has 0 bridgehead atoms. The zero-order chi connectivity index (χ0) is 8.32. The van der Waals surface area contributed by atoms with Crippen molar-refractivity contribution in [3.63, 3.8) is 0 Å². The molecule has 0 saturated heterocycles. The van der Waals surface area contributed by atoms with Crippen LogP contribution in [0.2, 0.25) is 0 Å². The fourth-order valence-electron chi connectivity index (χ4n) is 0.605. The van der Waals surface area contributed by atoms with E-state index in [4.69, 9.17) is 0 Å². The van der Waals surface area contributed by atoms with Gasteiger partial charge < -0.3 is 12.1 Å². The van der Waals surface area contributed by atoms with Crippen molar-refractivity contribution in [3.05, 3.63) is 36.7 Å². The SMILES string of the molecule is C[N-]S(=O)(=O)c1cccnc1.[CH3-].[Y]. The second-order valence-electron chi connectivity index (χ2n) is 1.85. The van der Waals surface area contributed by atoms with Gasteiger partial charge in [0.1, 0.15) is 10.0 Å². The smallest absolute Gasteiger partial charge is 0.102 e. The number of sulfonamides is 1. The number of pyridine rings is 1. The van der Waals surface area contributed by atoms with Gasteiger partial charge in [-0.05, 0) is 12.1 Å². The van der Waals surface area contributed by atoms with Gasteiger partial charge in [-0.1, -0.05) is 0 Å². The Balaban J connectivity index is 0. The first-order valence-electron chi connectivity index (χ1n) is 2.93. The Bertz CT molecular complexity index is 326. The van der Waals surface area contributed by atoms with Crippen molar-refractivity contribution in [2.45, 2.75) is 4.90 Å². The van der Waals surface area contributed by atoms with Gasteiger partial charge in [0.05, 0.1) is 4.90 Å². The van der Waals surface area contributed by atoms with Crippen molar-refractivity contribution >= 4 is 10.0 Å². The molecule has 1 heterocycles. The molecule has 0 N–H and O–H groups in total. The predicted octanol–water partition coefficient (Wildman–Crippen LogP) is 1.22. The number of aromatic nitrogens is 1. The molecule has 1 rings (SSSR count). The molecule has 1 aromatic heterocycles. The van der Waals surface area contributed by atoms with Gasteiger partial charge in [-0.25, -0.2) is 8.42 Å². The summed E-state index contributed by atoms with van der Waals surface area (Å²) in [6.45, 7) is 0. The monoisotopic (exact) mass is 275 g/mol. The maximum absolute atomic E-state index is 11.0. The number of hydrogen-bond acceptors (Lipinski definition) is 3. The average molecular weight is 275 g/mol. The molecule has 0 aromatic carbocycles. The Morgan fingerprint density at radius 3 is 2.46 bits per heavy atom. The standard InChI is InChI=1S/C6H7N2O2S.CH3.Y/c1-7-11(9,10)6-3-2-4-8-5-6;;/h2-5H,1H3;1H3;/q2*-1;. The van der Waals surface area contributed by atoms with Gasteiger partial charge in [-0.15, -0.1) is 0 Å². The van der Waals surface area contributed by atoms with Crippen LogP contribution in [0.1, 0.15) is 0 Å². The largest absolute Gasteiger partial charge is 0.547 e.